The third-order valence-corrected chi connectivity index (χ3v) is 2.22. The molecule has 1 amide bonds. The van der Waals surface area contributed by atoms with Crippen molar-refractivity contribution in [1.29, 1.82) is 0 Å². The first kappa shape index (κ1) is 15.0. The fourth-order valence-corrected chi connectivity index (χ4v) is 1.49. The van der Waals surface area contributed by atoms with Crippen LogP contribution in [0.1, 0.15) is 31.8 Å². The van der Waals surface area contributed by atoms with E-state index in [2.05, 4.69) is 5.73 Å². The van der Waals surface area contributed by atoms with Gasteiger partial charge in [-0.1, -0.05) is 0 Å². The highest BCUT2D eigenvalue weighted by molar-refractivity contribution is 6.03. The van der Waals surface area contributed by atoms with Crippen molar-refractivity contribution >= 4 is 12.2 Å². The number of hydrogen-bond acceptors (Lipinski definition) is 2. The van der Waals surface area contributed by atoms with E-state index in [0.717, 1.165) is 0 Å². The standard InChI is InChI=1S/C10H5F6NO2/c11-9(12,13)5-1-2-6(10(14,15)16)7(8(17)19)4(5)3-18/h1-3H,(H2,17,19). The van der Waals surface area contributed by atoms with Crippen molar-refractivity contribution in [3.05, 3.63) is 34.4 Å². The lowest BCUT2D eigenvalue weighted by atomic mass is 9.95. The molecule has 0 aromatic heterocycles. The second-order valence-electron chi connectivity index (χ2n) is 3.43. The van der Waals surface area contributed by atoms with E-state index in [1.165, 1.54) is 0 Å². The summed E-state index contributed by atoms with van der Waals surface area (Å²) in [6, 6.07) is 0.148. The Morgan fingerprint density at radius 2 is 1.42 bits per heavy atom. The van der Waals surface area contributed by atoms with Crippen LogP contribution >= 0.6 is 0 Å². The molecule has 3 nitrogen and oxygen atoms in total. The van der Waals surface area contributed by atoms with Crippen LogP contribution in [-0.4, -0.2) is 12.2 Å². The lowest BCUT2D eigenvalue weighted by molar-refractivity contribution is -0.141. The average molecular weight is 285 g/mol. The van der Waals surface area contributed by atoms with Crippen molar-refractivity contribution < 1.29 is 35.9 Å². The summed E-state index contributed by atoms with van der Waals surface area (Å²) in [5.41, 5.74) is -1.61. The number of amides is 1. The van der Waals surface area contributed by atoms with Gasteiger partial charge in [-0.3, -0.25) is 9.59 Å². The minimum absolute atomic E-state index is 0.0654. The van der Waals surface area contributed by atoms with Crippen LogP contribution in [0.3, 0.4) is 0 Å². The predicted octanol–water partition coefficient (Wildman–Crippen LogP) is 2.64. The van der Waals surface area contributed by atoms with Crippen LogP contribution in [0.4, 0.5) is 26.3 Å². The molecule has 0 aliphatic carbocycles. The SMILES string of the molecule is NC(=O)c1c(C(F)(F)F)ccc(C(F)(F)F)c1C=O. The Kier molecular flexibility index (Phi) is 3.60. The molecule has 0 bridgehead atoms. The molecule has 0 atom stereocenters. The van der Waals surface area contributed by atoms with Crippen molar-refractivity contribution in [3.63, 3.8) is 0 Å². The second-order valence-corrected chi connectivity index (χ2v) is 3.43. The number of carbonyl (C=O) groups is 2. The van der Waals surface area contributed by atoms with Crippen molar-refractivity contribution in [3.8, 4) is 0 Å². The molecule has 19 heavy (non-hydrogen) atoms. The molecular weight excluding hydrogens is 280 g/mol. The fourth-order valence-electron chi connectivity index (χ4n) is 1.49. The average Bonchev–Trinajstić information content (AvgIpc) is 2.24. The molecule has 1 aromatic rings. The second kappa shape index (κ2) is 4.56. The van der Waals surface area contributed by atoms with Crippen molar-refractivity contribution in [2.75, 3.05) is 0 Å². The molecule has 2 N–H and O–H groups in total. The van der Waals surface area contributed by atoms with Crippen molar-refractivity contribution in [2.24, 2.45) is 5.73 Å². The van der Waals surface area contributed by atoms with E-state index in [4.69, 9.17) is 0 Å². The smallest absolute Gasteiger partial charge is 0.366 e. The summed E-state index contributed by atoms with van der Waals surface area (Å²) in [6.45, 7) is 0. The largest absolute Gasteiger partial charge is 0.417 e. The Morgan fingerprint density at radius 1 is 1.00 bits per heavy atom. The van der Waals surface area contributed by atoms with Gasteiger partial charge in [0.05, 0.1) is 16.7 Å². The van der Waals surface area contributed by atoms with Crippen LogP contribution in [0.5, 0.6) is 0 Å². The third kappa shape index (κ3) is 2.85. The number of carbonyl (C=O) groups excluding carboxylic acids is 2. The van der Waals surface area contributed by atoms with E-state index in [0.29, 0.717) is 0 Å². The predicted molar refractivity (Wildman–Crippen MR) is 50.4 cm³/mol. The molecular formula is C10H5F6NO2. The van der Waals surface area contributed by atoms with Gasteiger partial charge in [-0.15, -0.1) is 0 Å². The zero-order valence-electron chi connectivity index (χ0n) is 8.89. The van der Waals surface area contributed by atoms with E-state index in [-0.39, 0.29) is 12.1 Å². The summed E-state index contributed by atoms with van der Waals surface area (Å²) in [6.07, 6.45) is -10.7. The van der Waals surface area contributed by atoms with Crippen LogP contribution in [0.15, 0.2) is 12.1 Å². The summed E-state index contributed by atoms with van der Waals surface area (Å²) >= 11 is 0. The van der Waals surface area contributed by atoms with Gasteiger partial charge < -0.3 is 5.73 Å². The maximum absolute atomic E-state index is 12.5. The highest BCUT2D eigenvalue weighted by Gasteiger charge is 2.41. The molecule has 0 aliphatic heterocycles. The molecule has 0 spiro atoms. The van der Waals surface area contributed by atoms with Gasteiger partial charge >= 0.3 is 12.4 Å². The van der Waals surface area contributed by atoms with Gasteiger partial charge in [-0.25, -0.2) is 0 Å². The fraction of sp³-hybridized carbons (Fsp3) is 0.200. The molecule has 9 heteroatoms. The topological polar surface area (TPSA) is 60.2 Å². The Labute approximate surface area is 102 Å². The normalized spacial score (nSPS) is 12.3. The van der Waals surface area contributed by atoms with Gasteiger partial charge in [0.1, 0.15) is 0 Å². The monoisotopic (exact) mass is 285 g/mol. The lowest BCUT2D eigenvalue weighted by Crippen LogP contribution is -2.24. The van der Waals surface area contributed by atoms with Gasteiger partial charge in [0.2, 0.25) is 5.91 Å². The van der Waals surface area contributed by atoms with Gasteiger partial charge in [0, 0.05) is 5.56 Å². The number of nitrogens with two attached hydrogens (primary N) is 1. The minimum atomic E-state index is -5.10. The molecule has 0 heterocycles. The van der Waals surface area contributed by atoms with Gasteiger partial charge in [-0.2, -0.15) is 26.3 Å². The number of aldehydes is 1. The molecule has 1 aromatic carbocycles. The van der Waals surface area contributed by atoms with Gasteiger partial charge in [-0.05, 0) is 12.1 Å². The zero-order chi connectivity index (χ0) is 15.0. The maximum atomic E-state index is 12.5. The first-order valence-corrected chi connectivity index (χ1v) is 4.56. The minimum Gasteiger partial charge on any atom is -0.366 e. The Morgan fingerprint density at radius 3 is 1.74 bits per heavy atom. The molecule has 0 aliphatic rings. The summed E-state index contributed by atoms with van der Waals surface area (Å²) in [4.78, 5) is 21.5. The Hall–Kier alpha value is -2.06. The molecule has 0 saturated carbocycles. The Bertz CT molecular complexity index is 532. The third-order valence-electron chi connectivity index (χ3n) is 2.22. The van der Waals surface area contributed by atoms with E-state index in [1.807, 2.05) is 0 Å². The lowest BCUT2D eigenvalue weighted by Gasteiger charge is -2.16. The first-order valence-electron chi connectivity index (χ1n) is 4.56. The summed E-state index contributed by atoms with van der Waals surface area (Å²) in [5.74, 6) is -1.76. The van der Waals surface area contributed by atoms with Crippen LogP contribution in [0.25, 0.3) is 0 Å². The van der Waals surface area contributed by atoms with Gasteiger partial charge in [0.15, 0.2) is 6.29 Å². The molecule has 0 unspecified atom stereocenters. The van der Waals surface area contributed by atoms with Gasteiger partial charge in [0.25, 0.3) is 0 Å². The molecule has 0 saturated heterocycles. The quantitative estimate of drug-likeness (QED) is 0.670. The highest BCUT2D eigenvalue weighted by atomic mass is 19.4. The number of rotatable bonds is 2. The zero-order valence-corrected chi connectivity index (χ0v) is 8.89. The van der Waals surface area contributed by atoms with Crippen LogP contribution in [0, 0.1) is 0 Å². The molecule has 1 rings (SSSR count). The van der Waals surface area contributed by atoms with Crippen LogP contribution in [-0.2, 0) is 12.4 Å². The summed E-state index contributed by atoms with van der Waals surface area (Å²) in [7, 11) is 0. The number of alkyl halides is 6. The van der Waals surface area contributed by atoms with Crippen molar-refractivity contribution in [1.82, 2.24) is 0 Å². The summed E-state index contributed by atoms with van der Waals surface area (Å²) < 4.78 is 75.2. The number of hydrogen-bond donors (Lipinski definition) is 1. The molecule has 0 radical (unpaired) electrons. The van der Waals surface area contributed by atoms with Crippen molar-refractivity contribution in [2.45, 2.75) is 12.4 Å². The number of primary amides is 1. The van der Waals surface area contributed by atoms with E-state index < -0.39 is 46.8 Å². The van der Waals surface area contributed by atoms with Crippen LogP contribution < -0.4 is 5.73 Å². The Balaban J connectivity index is 3.77. The first-order chi connectivity index (χ1) is 8.50. The maximum Gasteiger partial charge on any atom is 0.417 e. The van der Waals surface area contributed by atoms with E-state index in [1.54, 1.807) is 0 Å². The van der Waals surface area contributed by atoms with E-state index >= 15 is 0 Å². The van der Waals surface area contributed by atoms with E-state index in [9.17, 15) is 35.9 Å². The number of benzene rings is 1. The van der Waals surface area contributed by atoms with Crippen LogP contribution in [0.2, 0.25) is 0 Å². The summed E-state index contributed by atoms with van der Waals surface area (Å²) in [5, 5.41) is 0. The molecule has 104 valence electrons. The molecule has 0 fully saturated rings. The number of halogens is 6. The highest BCUT2D eigenvalue weighted by Crippen LogP contribution is 2.38.